The molecule has 0 radical (unpaired) electrons. The van der Waals surface area contributed by atoms with Crippen LogP contribution in [0.3, 0.4) is 0 Å². The lowest BCUT2D eigenvalue weighted by Crippen LogP contribution is -2.46. The summed E-state index contributed by atoms with van der Waals surface area (Å²) < 4.78 is 5.56. The first-order valence-electron chi connectivity index (χ1n) is 8.18. The highest BCUT2D eigenvalue weighted by atomic mass is 35.5. The Labute approximate surface area is 147 Å². The minimum atomic E-state index is 0.0181. The van der Waals surface area contributed by atoms with E-state index in [1.54, 1.807) is 24.3 Å². The fourth-order valence-corrected chi connectivity index (χ4v) is 2.98. The molecule has 1 N–H and O–H groups in total. The number of halogens is 1. The van der Waals surface area contributed by atoms with E-state index in [1.165, 1.54) is 0 Å². The molecular formula is C19H21ClN2O2. The van der Waals surface area contributed by atoms with E-state index in [-0.39, 0.29) is 18.6 Å². The summed E-state index contributed by atoms with van der Waals surface area (Å²) in [6, 6.07) is 17.4. The van der Waals surface area contributed by atoms with Crippen LogP contribution in [-0.2, 0) is 4.79 Å². The van der Waals surface area contributed by atoms with Crippen LogP contribution in [-0.4, -0.2) is 36.5 Å². The highest BCUT2D eigenvalue weighted by molar-refractivity contribution is 6.30. The van der Waals surface area contributed by atoms with Crippen LogP contribution in [0.25, 0.3) is 0 Å². The van der Waals surface area contributed by atoms with E-state index in [1.807, 2.05) is 35.2 Å². The zero-order valence-corrected chi connectivity index (χ0v) is 14.2. The van der Waals surface area contributed by atoms with Gasteiger partial charge in [-0.1, -0.05) is 29.8 Å². The van der Waals surface area contributed by atoms with Gasteiger partial charge in [0.1, 0.15) is 5.75 Å². The van der Waals surface area contributed by atoms with Crippen molar-refractivity contribution >= 4 is 23.2 Å². The quantitative estimate of drug-likeness (QED) is 0.896. The molecule has 2 aromatic carbocycles. The van der Waals surface area contributed by atoms with Gasteiger partial charge in [0.05, 0.1) is 0 Å². The molecule has 1 fully saturated rings. The summed E-state index contributed by atoms with van der Waals surface area (Å²) in [7, 11) is 0. The molecule has 1 amide bonds. The second kappa shape index (κ2) is 8.06. The van der Waals surface area contributed by atoms with Crippen molar-refractivity contribution in [3.63, 3.8) is 0 Å². The van der Waals surface area contributed by atoms with Crippen LogP contribution in [0.2, 0.25) is 5.02 Å². The number of hydrogen-bond donors (Lipinski definition) is 1. The van der Waals surface area contributed by atoms with Crippen molar-refractivity contribution in [2.75, 3.05) is 25.0 Å². The monoisotopic (exact) mass is 344 g/mol. The third kappa shape index (κ3) is 4.65. The fraction of sp³-hybridized carbons (Fsp3) is 0.316. The van der Waals surface area contributed by atoms with Gasteiger partial charge in [-0.3, -0.25) is 4.79 Å². The SMILES string of the molecule is O=C(COc1ccc(Cl)cc1)N1CCCC(Nc2ccccc2)C1. The van der Waals surface area contributed by atoms with Crippen LogP contribution >= 0.6 is 11.6 Å². The third-order valence-corrected chi connectivity index (χ3v) is 4.35. The van der Waals surface area contributed by atoms with Crippen LogP contribution in [0.5, 0.6) is 5.75 Å². The van der Waals surface area contributed by atoms with Crippen LogP contribution in [0, 0.1) is 0 Å². The average Bonchev–Trinajstić information content (AvgIpc) is 2.62. The van der Waals surface area contributed by atoms with Gasteiger partial charge in [-0.25, -0.2) is 0 Å². The lowest BCUT2D eigenvalue weighted by atomic mass is 10.1. The summed E-state index contributed by atoms with van der Waals surface area (Å²) in [6.45, 7) is 1.55. The number of nitrogens with one attached hydrogen (secondary N) is 1. The van der Waals surface area contributed by atoms with Crippen molar-refractivity contribution in [2.24, 2.45) is 0 Å². The van der Waals surface area contributed by atoms with Gasteiger partial charge in [0.2, 0.25) is 0 Å². The van der Waals surface area contributed by atoms with Crippen LogP contribution in [0.4, 0.5) is 5.69 Å². The van der Waals surface area contributed by atoms with Gasteiger partial charge in [0.25, 0.3) is 5.91 Å². The van der Waals surface area contributed by atoms with Crippen LogP contribution < -0.4 is 10.1 Å². The van der Waals surface area contributed by atoms with Gasteiger partial charge < -0.3 is 15.0 Å². The molecule has 5 heteroatoms. The Morgan fingerprint density at radius 1 is 1.17 bits per heavy atom. The number of benzene rings is 2. The Bertz CT molecular complexity index is 661. The minimum Gasteiger partial charge on any atom is -0.484 e. The fourth-order valence-electron chi connectivity index (χ4n) is 2.86. The summed E-state index contributed by atoms with van der Waals surface area (Å²) >= 11 is 5.84. The standard InChI is InChI=1S/C19H21ClN2O2/c20-15-8-10-18(11-9-15)24-14-19(23)22-12-4-7-17(13-22)21-16-5-2-1-3-6-16/h1-3,5-6,8-11,17,21H,4,7,12-14H2. The molecule has 0 aliphatic carbocycles. The van der Waals surface area contributed by atoms with Gasteiger partial charge in [-0.15, -0.1) is 0 Å². The molecule has 1 heterocycles. The molecule has 1 unspecified atom stereocenters. The molecule has 0 spiro atoms. The number of para-hydroxylation sites is 1. The number of piperidine rings is 1. The van der Waals surface area contributed by atoms with E-state index >= 15 is 0 Å². The molecule has 24 heavy (non-hydrogen) atoms. The minimum absolute atomic E-state index is 0.0181. The molecule has 1 aliphatic rings. The zero-order valence-electron chi connectivity index (χ0n) is 13.5. The number of nitrogens with zero attached hydrogens (tertiary/aromatic N) is 1. The molecular weight excluding hydrogens is 324 g/mol. The highest BCUT2D eigenvalue weighted by Crippen LogP contribution is 2.18. The largest absolute Gasteiger partial charge is 0.484 e. The van der Waals surface area contributed by atoms with E-state index in [4.69, 9.17) is 16.3 Å². The zero-order chi connectivity index (χ0) is 16.8. The van der Waals surface area contributed by atoms with E-state index in [0.29, 0.717) is 17.3 Å². The Kier molecular flexibility index (Phi) is 5.59. The predicted molar refractivity (Wildman–Crippen MR) is 96.6 cm³/mol. The first kappa shape index (κ1) is 16.7. The molecule has 0 aromatic heterocycles. The smallest absolute Gasteiger partial charge is 0.260 e. The van der Waals surface area contributed by atoms with E-state index in [2.05, 4.69) is 5.32 Å². The maximum atomic E-state index is 12.4. The van der Waals surface area contributed by atoms with Crippen LogP contribution in [0.15, 0.2) is 54.6 Å². The molecule has 2 aromatic rings. The lowest BCUT2D eigenvalue weighted by molar-refractivity contribution is -0.134. The van der Waals surface area contributed by atoms with Crippen molar-refractivity contribution in [1.29, 1.82) is 0 Å². The van der Waals surface area contributed by atoms with Crippen molar-refractivity contribution in [1.82, 2.24) is 4.90 Å². The Morgan fingerprint density at radius 3 is 2.67 bits per heavy atom. The van der Waals surface area contributed by atoms with Gasteiger partial charge in [0.15, 0.2) is 6.61 Å². The third-order valence-electron chi connectivity index (χ3n) is 4.09. The Morgan fingerprint density at radius 2 is 1.92 bits per heavy atom. The number of rotatable bonds is 5. The highest BCUT2D eigenvalue weighted by Gasteiger charge is 2.23. The van der Waals surface area contributed by atoms with E-state index < -0.39 is 0 Å². The molecule has 1 atom stereocenters. The summed E-state index contributed by atoms with van der Waals surface area (Å²) in [5, 5.41) is 4.15. The average molecular weight is 345 g/mol. The van der Waals surface area contributed by atoms with Crippen molar-refractivity contribution in [2.45, 2.75) is 18.9 Å². The second-order valence-electron chi connectivity index (χ2n) is 5.93. The Balaban J connectivity index is 1.50. The number of amides is 1. The summed E-state index contributed by atoms with van der Waals surface area (Å²) in [5.41, 5.74) is 1.09. The number of carbonyl (C=O) groups excluding carboxylic acids is 1. The van der Waals surface area contributed by atoms with Gasteiger partial charge >= 0.3 is 0 Å². The van der Waals surface area contributed by atoms with Crippen LogP contribution in [0.1, 0.15) is 12.8 Å². The number of anilines is 1. The molecule has 4 nitrogen and oxygen atoms in total. The molecule has 3 rings (SSSR count). The van der Waals surface area contributed by atoms with Crippen molar-refractivity contribution in [3.8, 4) is 5.75 Å². The maximum Gasteiger partial charge on any atom is 0.260 e. The Hall–Kier alpha value is -2.20. The number of hydrogen-bond acceptors (Lipinski definition) is 3. The van der Waals surface area contributed by atoms with E-state index in [9.17, 15) is 4.79 Å². The lowest BCUT2D eigenvalue weighted by Gasteiger charge is -2.33. The van der Waals surface area contributed by atoms with Crippen molar-refractivity contribution in [3.05, 3.63) is 59.6 Å². The summed E-state index contributed by atoms with van der Waals surface area (Å²) in [6.07, 6.45) is 2.06. The first-order chi connectivity index (χ1) is 11.7. The maximum absolute atomic E-state index is 12.4. The molecule has 1 aliphatic heterocycles. The molecule has 126 valence electrons. The normalized spacial score (nSPS) is 17.4. The molecule has 0 bridgehead atoms. The summed E-state index contributed by atoms with van der Waals surface area (Å²) in [5.74, 6) is 0.674. The molecule has 1 saturated heterocycles. The molecule has 0 saturated carbocycles. The number of carbonyl (C=O) groups is 1. The van der Waals surface area contributed by atoms with Gasteiger partial charge in [-0.2, -0.15) is 0 Å². The van der Waals surface area contributed by atoms with Gasteiger partial charge in [-0.05, 0) is 49.2 Å². The van der Waals surface area contributed by atoms with E-state index in [0.717, 1.165) is 25.1 Å². The summed E-state index contributed by atoms with van der Waals surface area (Å²) in [4.78, 5) is 14.3. The number of ether oxygens (including phenoxy) is 1. The van der Waals surface area contributed by atoms with Crippen molar-refractivity contribution < 1.29 is 9.53 Å². The second-order valence-corrected chi connectivity index (χ2v) is 6.37. The van der Waals surface area contributed by atoms with Gasteiger partial charge in [0, 0.05) is 29.8 Å². The first-order valence-corrected chi connectivity index (χ1v) is 8.56. The topological polar surface area (TPSA) is 41.6 Å². The predicted octanol–water partition coefficient (Wildman–Crippen LogP) is 3.82. The number of likely N-dealkylation sites (tertiary alicyclic amines) is 1.